The number of fused-ring (bicyclic) bond motifs is 1. The Labute approximate surface area is 150 Å². The van der Waals surface area contributed by atoms with Crippen LogP contribution in [0.4, 0.5) is 10.1 Å². The Hall–Kier alpha value is -3.15. The Kier molecular flexibility index (Phi) is 5.02. The van der Waals surface area contributed by atoms with Crippen LogP contribution in [0.3, 0.4) is 0 Å². The maximum absolute atomic E-state index is 13.7. The minimum absolute atomic E-state index is 0.305. The molecule has 1 unspecified atom stereocenters. The van der Waals surface area contributed by atoms with Crippen molar-refractivity contribution in [1.82, 2.24) is 10.3 Å². The van der Waals surface area contributed by atoms with Gasteiger partial charge in [0.1, 0.15) is 11.9 Å². The van der Waals surface area contributed by atoms with Crippen molar-refractivity contribution in [2.24, 2.45) is 0 Å². The highest BCUT2D eigenvalue weighted by Crippen LogP contribution is 2.20. The summed E-state index contributed by atoms with van der Waals surface area (Å²) in [6.45, 7) is 3.01. The van der Waals surface area contributed by atoms with Gasteiger partial charge >= 0.3 is 0 Å². The fourth-order valence-corrected chi connectivity index (χ4v) is 2.88. The normalized spacial score (nSPS) is 12.0. The molecule has 5 nitrogen and oxygen atoms in total. The maximum Gasteiger partial charge on any atom is 0.247 e. The Balaban J connectivity index is 1.81. The van der Waals surface area contributed by atoms with E-state index in [1.807, 2.05) is 30.5 Å². The molecule has 0 saturated carbocycles. The van der Waals surface area contributed by atoms with Crippen molar-refractivity contribution in [3.05, 3.63) is 65.6 Å². The molecule has 134 valence electrons. The average Bonchev–Trinajstić information content (AvgIpc) is 3.00. The summed E-state index contributed by atoms with van der Waals surface area (Å²) in [4.78, 5) is 27.3. The number of carbonyl (C=O) groups excluding carboxylic acids is 2. The van der Waals surface area contributed by atoms with Crippen LogP contribution in [-0.2, 0) is 16.0 Å². The van der Waals surface area contributed by atoms with Gasteiger partial charge < -0.3 is 15.6 Å². The molecule has 2 aromatic carbocycles. The largest absolute Gasteiger partial charge is 0.361 e. The zero-order valence-electron chi connectivity index (χ0n) is 14.6. The predicted octanol–water partition coefficient (Wildman–Crippen LogP) is 3.30. The molecule has 0 radical (unpaired) electrons. The van der Waals surface area contributed by atoms with E-state index < -0.39 is 17.8 Å². The minimum atomic E-state index is -0.768. The first-order valence-corrected chi connectivity index (χ1v) is 8.33. The number of rotatable bonds is 5. The number of aromatic amines is 1. The zero-order chi connectivity index (χ0) is 18.7. The Morgan fingerprint density at radius 2 is 1.96 bits per heavy atom. The van der Waals surface area contributed by atoms with Crippen LogP contribution in [-0.4, -0.2) is 22.8 Å². The van der Waals surface area contributed by atoms with E-state index in [4.69, 9.17) is 0 Å². The summed E-state index contributed by atoms with van der Waals surface area (Å²) in [5.41, 5.74) is 2.74. The summed E-state index contributed by atoms with van der Waals surface area (Å²) in [6, 6.07) is 11.5. The van der Waals surface area contributed by atoms with Gasteiger partial charge in [-0.05, 0) is 36.2 Å². The Bertz CT molecular complexity index is 965. The van der Waals surface area contributed by atoms with E-state index in [0.717, 1.165) is 16.5 Å². The molecule has 0 saturated heterocycles. The van der Waals surface area contributed by atoms with E-state index in [2.05, 4.69) is 15.6 Å². The van der Waals surface area contributed by atoms with E-state index in [0.29, 0.717) is 17.7 Å². The number of aryl methyl sites for hydroxylation is 1. The highest BCUT2D eigenvalue weighted by molar-refractivity contribution is 5.97. The van der Waals surface area contributed by atoms with E-state index in [-0.39, 0.29) is 5.91 Å². The van der Waals surface area contributed by atoms with Crippen LogP contribution in [0.2, 0.25) is 0 Å². The molecule has 26 heavy (non-hydrogen) atoms. The first-order chi connectivity index (χ1) is 12.4. The number of hydrogen-bond donors (Lipinski definition) is 3. The van der Waals surface area contributed by atoms with Crippen LogP contribution in [0.1, 0.15) is 18.1 Å². The zero-order valence-corrected chi connectivity index (χ0v) is 14.6. The van der Waals surface area contributed by atoms with Gasteiger partial charge in [0.25, 0.3) is 0 Å². The maximum atomic E-state index is 13.7. The molecule has 1 aromatic heterocycles. The van der Waals surface area contributed by atoms with Crippen molar-refractivity contribution in [2.45, 2.75) is 26.3 Å². The second-order valence-corrected chi connectivity index (χ2v) is 6.27. The Morgan fingerprint density at radius 3 is 2.69 bits per heavy atom. The topological polar surface area (TPSA) is 74.0 Å². The van der Waals surface area contributed by atoms with Gasteiger partial charge in [-0.1, -0.05) is 24.3 Å². The monoisotopic (exact) mass is 353 g/mol. The predicted molar refractivity (Wildman–Crippen MR) is 99.4 cm³/mol. The second-order valence-electron chi connectivity index (χ2n) is 6.27. The first-order valence-electron chi connectivity index (χ1n) is 8.33. The van der Waals surface area contributed by atoms with Crippen LogP contribution in [0.15, 0.2) is 48.7 Å². The number of hydrogen-bond acceptors (Lipinski definition) is 2. The average molecular weight is 353 g/mol. The van der Waals surface area contributed by atoms with Gasteiger partial charge in [0, 0.05) is 36.1 Å². The molecule has 6 heteroatoms. The number of anilines is 1. The van der Waals surface area contributed by atoms with Crippen LogP contribution in [0.25, 0.3) is 10.9 Å². The molecule has 2 amide bonds. The smallest absolute Gasteiger partial charge is 0.247 e. The van der Waals surface area contributed by atoms with Gasteiger partial charge in [0.05, 0.1) is 0 Å². The minimum Gasteiger partial charge on any atom is -0.361 e. The summed E-state index contributed by atoms with van der Waals surface area (Å²) in [5.74, 6) is -1.09. The molecule has 1 heterocycles. The van der Waals surface area contributed by atoms with Gasteiger partial charge in [0.15, 0.2) is 0 Å². The molecular formula is C20H20FN3O2. The molecule has 1 atom stereocenters. The van der Waals surface area contributed by atoms with Crippen LogP contribution < -0.4 is 10.6 Å². The third-order valence-corrected chi connectivity index (χ3v) is 4.23. The second kappa shape index (κ2) is 7.39. The SMILES string of the molecule is CC(=O)NC(Cc1c[nH]c2ccccc12)C(=O)Nc1ccc(C)c(F)c1. The van der Waals surface area contributed by atoms with Crippen LogP contribution >= 0.6 is 0 Å². The lowest BCUT2D eigenvalue weighted by molar-refractivity contribution is -0.125. The summed E-state index contributed by atoms with van der Waals surface area (Å²) >= 11 is 0. The third kappa shape index (κ3) is 3.91. The van der Waals surface area contributed by atoms with Crippen molar-refractivity contribution in [1.29, 1.82) is 0 Å². The summed E-state index contributed by atoms with van der Waals surface area (Å²) in [5, 5.41) is 6.34. The van der Waals surface area contributed by atoms with E-state index in [1.165, 1.54) is 13.0 Å². The summed E-state index contributed by atoms with van der Waals surface area (Å²) < 4.78 is 13.7. The van der Waals surface area contributed by atoms with Crippen LogP contribution in [0.5, 0.6) is 0 Å². The van der Waals surface area contributed by atoms with Crippen LogP contribution in [0, 0.1) is 12.7 Å². The van der Waals surface area contributed by atoms with Crippen molar-refractivity contribution in [3.8, 4) is 0 Å². The lowest BCUT2D eigenvalue weighted by Gasteiger charge is -2.17. The number of carbonyl (C=O) groups is 2. The number of para-hydroxylation sites is 1. The van der Waals surface area contributed by atoms with Crippen molar-refractivity contribution in [2.75, 3.05) is 5.32 Å². The first kappa shape index (κ1) is 17.7. The van der Waals surface area contributed by atoms with E-state index in [9.17, 15) is 14.0 Å². The summed E-state index contributed by atoms with van der Waals surface area (Å²) in [7, 11) is 0. The van der Waals surface area contributed by atoms with Crippen molar-refractivity contribution >= 4 is 28.4 Å². The van der Waals surface area contributed by atoms with E-state index >= 15 is 0 Å². The van der Waals surface area contributed by atoms with Crippen molar-refractivity contribution in [3.63, 3.8) is 0 Å². The molecule has 0 spiro atoms. The number of nitrogens with one attached hydrogen (secondary N) is 3. The number of benzene rings is 2. The van der Waals surface area contributed by atoms with Gasteiger partial charge in [-0.25, -0.2) is 4.39 Å². The standard InChI is InChI=1S/C20H20FN3O2/c1-12-7-8-15(10-17(12)21)24-20(26)19(23-13(2)25)9-14-11-22-18-6-4-3-5-16(14)18/h3-8,10-11,19,22H,9H2,1-2H3,(H,23,25)(H,24,26). The molecule has 0 fully saturated rings. The quantitative estimate of drug-likeness (QED) is 0.658. The van der Waals surface area contributed by atoms with Gasteiger partial charge in [-0.2, -0.15) is 0 Å². The van der Waals surface area contributed by atoms with Gasteiger partial charge in [0.2, 0.25) is 11.8 Å². The molecule has 3 rings (SSSR count). The highest BCUT2D eigenvalue weighted by Gasteiger charge is 2.21. The fourth-order valence-electron chi connectivity index (χ4n) is 2.88. The Morgan fingerprint density at radius 1 is 1.19 bits per heavy atom. The molecular weight excluding hydrogens is 333 g/mol. The number of amides is 2. The summed E-state index contributed by atoms with van der Waals surface area (Å²) in [6.07, 6.45) is 2.15. The number of halogens is 1. The molecule has 0 aliphatic heterocycles. The van der Waals surface area contributed by atoms with Gasteiger partial charge in [-0.15, -0.1) is 0 Å². The number of aromatic nitrogens is 1. The fraction of sp³-hybridized carbons (Fsp3) is 0.200. The van der Waals surface area contributed by atoms with E-state index in [1.54, 1.807) is 19.1 Å². The number of H-pyrrole nitrogens is 1. The lowest BCUT2D eigenvalue weighted by Crippen LogP contribution is -2.44. The highest BCUT2D eigenvalue weighted by atomic mass is 19.1. The molecule has 3 N–H and O–H groups in total. The lowest BCUT2D eigenvalue weighted by atomic mass is 10.0. The molecule has 0 aliphatic rings. The van der Waals surface area contributed by atoms with Gasteiger partial charge in [-0.3, -0.25) is 9.59 Å². The molecule has 0 bridgehead atoms. The molecule has 0 aliphatic carbocycles. The van der Waals surface area contributed by atoms with Crippen molar-refractivity contribution < 1.29 is 14.0 Å². The molecule has 3 aromatic rings. The third-order valence-electron chi connectivity index (χ3n) is 4.23.